The number of benzene rings is 1. The molecular formula is C14H19NO3S. The second-order valence-corrected chi connectivity index (χ2v) is 6.48. The summed E-state index contributed by atoms with van der Waals surface area (Å²) in [6.07, 6.45) is 2.27. The van der Waals surface area contributed by atoms with Crippen LogP contribution in [0, 0.1) is 12.8 Å². The van der Waals surface area contributed by atoms with Crippen molar-refractivity contribution in [1.29, 1.82) is 0 Å². The molecule has 19 heavy (non-hydrogen) atoms. The van der Waals surface area contributed by atoms with Crippen LogP contribution < -0.4 is 0 Å². The summed E-state index contributed by atoms with van der Waals surface area (Å²) in [7, 11) is -3.58. The third kappa shape index (κ3) is 4.01. The minimum absolute atomic E-state index is 0.158. The molecule has 4 nitrogen and oxygen atoms in total. The van der Waals surface area contributed by atoms with Crippen molar-refractivity contribution in [2.45, 2.75) is 18.7 Å². The minimum Gasteiger partial charge on any atom is -0.303 e. The molecule has 0 fully saturated rings. The summed E-state index contributed by atoms with van der Waals surface area (Å²) in [5, 5.41) is 0. The molecule has 0 aliphatic carbocycles. The van der Waals surface area contributed by atoms with E-state index in [1.165, 1.54) is 10.4 Å². The molecule has 1 atom stereocenters. The number of hydrogen-bond donors (Lipinski definition) is 0. The normalized spacial score (nSPS) is 13.2. The van der Waals surface area contributed by atoms with Gasteiger partial charge in [-0.1, -0.05) is 30.7 Å². The quantitative estimate of drug-likeness (QED) is 0.567. The van der Waals surface area contributed by atoms with E-state index in [4.69, 9.17) is 0 Å². The molecule has 5 heteroatoms. The molecule has 104 valence electrons. The van der Waals surface area contributed by atoms with Gasteiger partial charge < -0.3 is 4.79 Å². The Labute approximate surface area is 114 Å². The van der Waals surface area contributed by atoms with Gasteiger partial charge in [0.15, 0.2) is 0 Å². The lowest BCUT2D eigenvalue weighted by molar-refractivity contribution is -0.110. The van der Waals surface area contributed by atoms with E-state index in [1.807, 2.05) is 6.92 Å². The zero-order valence-corrected chi connectivity index (χ0v) is 12.1. The van der Waals surface area contributed by atoms with Crippen LogP contribution in [0.15, 0.2) is 41.8 Å². The Morgan fingerprint density at radius 2 is 1.89 bits per heavy atom. The van der Waals surface area contributed by atoms with Gasteiger partial charge in [0.1, 0.15) is 6.29 Å². The number of carbonyl (C=O) groups excluding carboxylic acids is 1. The summed E-state index contributed by atoms with van der Waals surface area (Å²) >= 11 is 0. The molecule has 0 saturated carbocycles. The van der Waals surface area contributed by atoms with E-state index < -0.39 is 10.0 Å². The molecule has 1 aromatic rings. The van der Waals surface area contributed by atoms with Gasteiger partial charge in [-0.3, -0.25) is 0 Å². The van der Waals surface area contributed by atoms with E-state index >= 15 is 0 Å². The topological polar surface area (TPSA) is 54.5 Å². The van der Waals surface area contributed by atoms with Crippen LogP contribution in [0.3, 0.4) is 0 Å². The van der Waals surface area contributed by atoms with Gasteiger partial charge in [-0.15, -0.1) is 6.58 Å². The van der Waals surface area contributed by atoms with Crippen LogP contribution >= 0.6 is 0 Å². The first-order valence-electron chi connectivity index (χ1n) is 6.04. The van der Waals surface area contributed by atoms with Gasteiger partial charge in [0, 0.05) is 19.0 Å². The molecular weight excluding hydrogens is 262 g/mol. The van der Waals surface area contributed by atoms with Gasteiger partial charge in [-0.25, -0.2) is 8.42 Å². The van der Waals surface area contributed by atoms with Crippen LogP contribution in [0.1, 0.15) is 12.5 Å². The average Bonchev–Trinajstić information content (AvgIpc) is 2.38. The first kappa shape index (κ1) is 15.6. The van der Waals surface area contributed by atoms with Crippen LogP contribution in [0.4, 0.5) is 0 Å². The van der Waals surface area contributed by atoms with Gasteiger partial charge in [-0.2, -0.15) is 4.31 Å². The summed E-state index contributed by atoms with van der Waals surface area (Å²) in [5.74, 6) is -0.347. The fourth-order valence-corrected chi connectivity index (χ4v) is 3.15. The third-order valence-electron chi connectivity index (χ3n) is 2.72. The molecule has 1 unspecified atom stereocenters. The second kappa shape index (κ2) is 6.63. The molecule has 0 saturated heterocycles. The molecule has 0 aliphatic heterocycles. The number of carbonyl (C=O) groups is 1. The van der Waals surface area contributed by atoms with Crippen molar-refractivity contribution in [3.63, 3.8) is 0 Å². The van der Waals surface area contributed by atoms with E-state index in [9.17, 15) is 13.2 Å². The maximum Gasteiger partial charge on any atom is 0.243 e. The largest absolute Gasteiger partial charge is 0.303 e. The lowest BCUT2D eigenvalue weighted by Gasteiger charge is -2.22. The Bertz CT molecular complexity index is 534. The predicted octanol–water partition coefficient (Wildman–Crippen LogP) is 2.01. The molecule has 0 heterocycles. The molecule has 1 aromatic carbocycles. The zero-order valence-electron chi connectivity index (χ0n) is 11.2. The number of rotatable bonds is 7. The number of aldehydes is 1. The molecule has 0 radical (unpaired) electrons. The van der Waals surface area contributed by atoms with Crippen LogP contribution in [0.5, 0.6) is 0 Å². The highest BCUT2D eigenvalue weighted by molar-refractivity contribution is 7.89. The highest BCUT2D eigenvalue weighted by Gasteiger charge is 2.24. The highest BCUT2D eigenvalue weighted by atomic mass is 32.2. The number of nitrogens with zero attached hydrogens (tertiary/aromatic N) is 1. The van der Waals surface area contributed by atoms with Crippen LogP contribution in [-0.4, -0.2) is 32.1 Å². The fourth-order valence-electron chi connectivity index (χ4n) is 1.64. The number of hydrogen-bond acceptors (Lipinski definition) is 3. The van der Waals surface area contributed by atoms with E-state index in [0.717, 1.165) is 11.8 Å². The Kier molecular flexibility index (Phi) is 5.44. The van der Waals surface area contributed by atoms with Crippen molar-refractivity contribution >= 4 is 16.3 Å². The van der Waals surface area contributed by atoms with Crippen molar-refractivity contribution in [2.75, 3.05) is 13.1 Å². The van der Waals surface area contributed by atoms with E-state index in [1.54, 1.807) is 31.2 Å². The second-order valence-electron chi connectivity index (χ2n) is 4.54. The lowest BCUT2D eigenvalue weighted by atomic mass is 10.2. The smallest absolute Gasteiger partial charge is 0.243 e. The van der Waals surface area contributed by atoms with E-state index in [2.05, 4.69) is 6.58 Å². The molecule has 0 bridgehead atoms. The molecule has 0 N–H and O–H groups in total. The molecule has 0 aromatic heterocycles. The van der Waals surface area contributed by atoms with Gasteiger partial charge >= 0.3 is 0 Å². The van der Waals surface area contributed by atoms with Crippen LogP contribution in [0.25, 0.3) is 0 Å². The van der Waals surface area contributed by atoms with Crippen LogP contribution in [0.2, 0.25) is 0 Å². The maximum absolute atomic E-state index is 12.4. The van der Waals surface area contributed by atoms with Gasteiger partial charge in [0.05, 0.1) is 4.90 Å². The van der Waals surface area contributed by atoms with Crippen molar-refractivity contribution in [2.24, 2.45) is 5.92 Å². The highest BCUT2D eigenvalue weighted by Crippen LogP contribution is 2.17. The van der Waals surface area contributed by atoms with Crippen molar-refractivity contribution < 1.29 is 13.2 Å². The number of sulfonamides is 1. The monoisotopic (exact) mass is 281 g/mol. The standard InChI is InChI=1S/C14H19NO3S/c1-4-9-15(10-13(3)11-16)19(17,18)14-7-5-12(2)6-8-14/h4-8,11,13H,1,9-10H2,2-3H3. The first-order chi connectivity index (χ1) is 8.91. The third-order valence-corrected chi connectivity index (χ3v) is 4.56. The molecule has 0 spiro atoms. The minimum atomic E-state index is -3.58. The van der Waals surface area contributed by atoms with Crippen molar-refractivity contribution in [1.82, 2.24) is 4.31 Å². The summed E-state index contributed by atoms with van der Waals surface area (Å²) in [6.45, 7) is 7.49. The van der Waals surface area contributed by atoms with Crippen LogP contribution in [-0.2, 0) is 14.8 Å². The molecule has 1 rings (SSSR count). The van der Waals surface area contributed by atoms with Crippen molar-refractivity contribution in [3.05, 3.63) is 42.5 Å². The van der Waals surface area contributed by atoms with E-state index in [0.29, 0.717) is 0 Å². The number of aryl methyl sites for hydroxylation is 1. The fraction of sp³-hybridized carbons (Fsp3) is 0.357. The van der Waals surface area contributed by atoms with Gasteiger partial charge in [0.2, 0.25) is 10.0 Å². The Morgan fingerprint density at radius 3 is 2.37 bits per heavy atom. The lowest BCUT2D eigenvalue weighted by Crippen LogP contribution is -2.35. The first-order valence-corrected chi connectivity index (χ1v) is 7.49. The maximum atomic E-state index is 12.4. The summed E-state index contributed by atoms with van der Waals surface area (Å²) in [4.78, 5) is 10.9. The SMILES string of the molecule is C=CCN(CC(C)C=O)S(=O)(=O)c1ccc(C)cc1. The van der Waals surface area contributed by atoms with E-state index in [-0.39, 0.29) is 23.9 Å². The summed E-state index contributed by atoms with van der Waals surface area (Å²) in [5.41, 5.74) is 0.996. The zero-order chi connectivity index (χ0) is 14.5. The average molecular weight is 281 g/mol. The Balaban J connectivity index is 3.08. The molecule has 0 aliphatic rings. The van der Waals surface area contributed by atoms with Crippen molar-refractivity contribution in [3.8, 4) is 0 Å². The Hall–Kier alpha value is -1.46. The Morgan fingerprint density at radius 1 is 1.32 bits per heavy atom. The molecule has 0 amide bonds. The van der Waals surface area contributed by atoms with Gasteiger partial charge in [0.25, 0.3) is 0 Å². The van der Waals surface area contributed by atoms with Gasteiger partial charge in [-0.05, 0) is 19.1 Å². The predicted molar refractivity (Wildman–Crippen MR) is 75.4 cm³/mol. The summed E-state index contributed by atoms with van der Waals surface area (Å²) in [6, 6.07) is 6.66. The summed E-state index contributed by atoms with van der Waals surface area (Å²) < 4.78 is 26.2.